The predicted molar refractivity (Wildman–Crippen MR) is 62.8 cm³/mol. The van der Waals surface area contributed by atoms with Crippen molar-refractivity contribution in [2.24, 2.45) is 5.73 Å². The Labute approximate surface area is 109 Å². The van der Waals surface area contributed by atoms with Crippen LogP contribution in [0.15, 0.2) is 29.2 Å². The van der Waals surface area contributed by atoms with E-state index in [0.717, 1.165) is 22.5 Å². The Morgan fingerprint density at radius 2 is 1.79 bits per heavy atom. The van der Waals surface area contributed by atoms with E-state index in [-0.39, 0.29) is 13.1 Å². The number of hydrogen-bond acceptors (Lipinski definition) is 3. The van der Waals surface area contributed by atoms with Gasteiger partial charge in [-0.05, 0) is 19.1 Å². The minimum absolute atomic E-state index is 0.0154. The maximum atomic E-state index is 12.8. The fourth-order valence-electron chi connectivity index (χ4n) is 1.99. The van der Waals surface area contributed by atoms with E-state index in [2.05, 4.69) is 0 Å². The van der Waals surface area contributed by atoms with Crippen LogP contribution in [0.5, 0.6) is 0 Å². The molecule has 0 aromatic heterocycles. The zero-order chi connectivity index (χ0) is 14.5. The number of hydrogen-bond donors (Lipinski definition) is 1. The Kier molecular flexibility index (Phi) is 3.15. The minimum atomic E-state index is -4.71. The molecule has 0 radical (unpaired) electrons. The van der Waals surface area contributed by atoms with Crippen molar-refractivity contribution in [1.29, 1.82) is 0 Å². The van der Waals surface area contributed by atoms with Gasteiger partial charge in [-0.2, -0.15) is 17.5 Å². The van der Waals surface area contributed by atoms with E-state index in [4.69, 9.17) is 5.73 Å². The number of nitrogens with zero attached hydrogens (tertiary/aromatic N) is 1. The summed E-state index contributed by atoms with van der Waals surface area (Å²) in [5.74, 6) is 0. The highest BCUT2D eigenvalue weighted by Crippen LogP contribution is 2.36. The topological polar surface area (TPSA) is 63.4 Å². The first-order chi connectivity index (χ1) is 8.54. The molecule has 1 aromatic carbocycles. The maximum Gasteiger partial charge on any atom is 0.417 e. The van der Waals surface area contributed by atoms with E-state index in [9.17, 15) is 21.6 Å². The van der Waals surface area contributed by atoms with E-state index in [1.807, 2.05) is 0 Å². The molecule has 0 spiro atoms. The third-order valence-corrected chi connectivity index (χ3v) is 4.74. The van der Waals surface area contributed by atoms with Crippen LogP contribution in [0.25, 0.3) is 0 Å². The standard InChI is InChI=1S/C11H13F3N2O2S/c1-10(15)6-16(7-10)19(17,18)9-5-3-2-4-8(9)11(12,13)14/h2-5H,6-7,15H2,1H3. The van der Waals surface area contributed by atoms with Gasteiger partial charge in [0.15, 0.2) is 0 Å². The monoisotopic (exact) mass is 294 g/mol. The average molecular weight is 294 g/mol. The molecule has 8 heteroatoms. The average Bonchev–Trinajstić information content (AvgIpc) is 2.24. The van der Waals surface area contributed by atoms with Crippen LogP contribution in [0.4, 0.5) is 13.2 Å². The normalized spacial score (nSPS) is 20.1. The third kappa shape index (κ3) is 2.60. The van der Waals surface area contributed by atoms with E-state index in [0.29, 0.717) is 0 Å². The predicted octanol–water partition coefficient (Wildman–Crippen LogP) is 1.43. The summed E-state index contributed by atoms with van der Waals surface area (Å²) in [4.78, 5) is -0.724. The Hall–Kier alpha value is -1.12. The zero-order valence-corrected chi connectivity index (χ0v) is 10.9. The van der Waals surface area contributed by atoms with Gasteiger partial charge in [-0.3, -0.25) is 0 Å². The highest BCUT2D eigenvalue weighted by atomic mass is 32.2. The molecule has 2 N–H and O–H groups in total. The number of halogens is 3. The highest BCUT2D eigenvalue weighted by molar-refractivity contribution is 7.89. The molecule has 1 saturated heterocycles. The van der Waals surface area contributed by atoms with Crippen molar-refractivity contribution in [3.63, 3.8) is 0 Å². The molecule has 2 rings (SSSR count). The SMILES string of the molecule is CC1(N)CN(S(=O)(=O)c2ccccc2C(F)(F)F)C1. The van der Waals surface area contributed by atoms with E-state index < -0.39 is 32.2 Å². The summed E-state index contributed by atoms with van der Waals surface area (Å²) in [6.45, 7) is 1.68. The molecule has 0 amide bonds. The van der Waals surface area contributed by atoms with Gasteiger partial charge in [0.25, 0.3) is 0 Å². The lowest BCUT2D eigenvalue weighted by Gasteiger charge is -2.44. The summed E-state index contributed by atoms with van der Waals surface area (Å²) in [7, 11) is -4.15. The number of alkyl halides is 3. The number of sulfonamides is 1. The quantitative estimate of drug-likeness (QED) is 0.897. The fourth-order valence-corrected chi connectivity index (χ4v) is 3.91. The minimum Gasteiger partial charge on any atom is -0.323 e. The van der Waals surface area contributed by atoms with Crippen molar-refractivity contribution in [1.82, 2.24) is 4.31 Å². The fraction of sp³-hybridized carbons (Fsp3) is 0.455. The molecule has 106 valence electrons. The second kappa shape index (κ2) is 4.19. The van der Waals surface area contributed by atoms with E-state index >= 15 is 0 Å². The molecule has 0 unspecified atom stereocenters. The van der Waals surface area contributed by atoms with Crippen molar-refractivity contribution in [2.75, 3.05) is 13.1 Å². The largest absolute Gasteiger partial charge is 0.417 e. The van der Waals surface area contributed by atoms with Crippen LogP contribution in [-0.2, 0) is 16.2 Å². The van der Waals surface area contributed by atoms with Crippen LogP contribution in [0.2, 0.25) is 0 Å². The van der Waals surface area contributed by atoms with Crippen molar-refractivity contribution >= 4 is 10.0 Å². The van der Waals surface area contributed by atoms with Gasteiger partial charge in [0.05, 0.1) is 10.5 Å². The Morgan fingerprint density at radius 3 is 2.26 bits per heavy atom. The third-order valence-electron chi connectivity index (χ3n) is 2.89. The Morgan fingerprint density at radius 1 is 1.26 bits per heavy atom. The van der Waals surface area contributed by atoms with Gasteiger partial charge < -0.3 is 5.73 Å². The Balaban J connectivity index is 2.43. The first-order valence-corrected chi connectivity index (χ1v) is 6.93. The molecule has 0 atom stereocenters. The van der Waals surface area contributed by atoms with Crippen LogP contribution in [0.1, 0.15) is 12.5 Å². The van der Waals surface area contributed by atoms with Crippen LogP contribution in [0, 0.1) is 0 Å². The summed E-state index contributed by atoms with van der Waals surface area (Å²) < 4.78 is 63.7. The first kappa shape index (κ1) is 14.3. The second-order valence-corrected chi connectivity index (χ2v) is 6.83. The van der Waals surface area contributed by atoms with Gasteiger partial charge in [-0.15, -0.1) is 0 Å². The van der Waals surface area contributed by atoms with E-state index in [1.165, 1.54) is 6.07 Å². The molecule has 1 aromatic rings. The first-order valence-electron chi connectivity index (χ1n) is 5.49. The summed E-state index contributed by atoms with van der Waals surface area (Å²) in [5.41, 5.74) is 3.85. The number of nitrogens with two attached hydrogens (primary N) is 1. The molecule has 1 fully saturated rings. The number of benzene rings is 1. The summed E-state index contributed by atoms with van der Waals surface area (Å²) >= 11 is 0. The van der Waals surface area contributed by atoms with Gasteiger partial charge in [0, 0.05) is 18.6 Å². The summed E-state index contributed by atoms with van der Waals surface area (Å²) in [6, 6.07) is 4.15. The highest BCUT2D eigenvalue weighted by Gasteiger charge is 2.45. The van der Waals surface area contributed by atoms with E-state index in [1.54, 1.807) is 6.92 Å². The molecule has 0 aliphatic carbocycles. The van der Waals surface area contributed by atoms with Gasteiger partial charge in [0.2, 0.25) is 10.0 Å². The van der Waals surface area contributed by atoms with Gasteiger partial charge >= 0.3 is 6.18 Å². The molecule has 1 heterocycles. The second-order valence-electron chi connectivity index (χ2n) is 4.92. The van der Waals surface area contributed by atoms with Crippen LogP contribution >= 0.6 is 0 Å². The molecule has 4 nitrogen and oxygen atoms in total. The zero-order valence-electron chi connectivity index (χ0n) is 10.1. The van der Waals surface area contributed by atoms with Gasteiger partial charge in [-0.25, -0.2) is 8.42 Å². The van der Waals surface area contributed by atoms with Crippen molar-refractivity contribution in [3.8, 4) is 0 Å². The molecular weight excluding hydrogens is 281 g/mol. The van der Waals surface area contributed by atoms with Gasteiger partial charge in [0.1, 0.15) is 0 Å². The molecule has 1 aliphatic heterocycles. The molecule has 19 heavy (non-hydrogen) atoms. The molecular formula is C11H13F3N2O2S. The van der Waals surface area contributed by atoms with Gasteiger partial charge in [-0.1, -0.05) is 12.1 Å². The van der Waals surface area contributed by atoms with Crippen molar-refractivity contribution in [2.45, 2.75) is 23.5 Å². The molecule has 0 bridgehead atoms. The lowest BCUT2D eigenvalue weighted by Crippen LogP contribution is -2.66. The molecule has 0 saturated carbocycles. The molecule has 1 aliphatic rings. The smallest absolute Gasteiger partial charge is 0.323 e. The summed E-state index contributed by atoms with van der Waals surface area (Å²) in [6.07, 6.45) is -4.71. The Bertz CT molecular complexity index is 588. The summed E-state index contributed by atoms with van der Waals surface area (Å²) in [5, 5.41) is 0. The van der Waals surface area contributed by atoms with Crippen molar-refractivity contribution in [3.05, 3.63) is 29.8 Å². The maximum absolute atomic E-state index is 12.8. The number of rotatable bonds is 2. The lowest BCUT2D eigenvalue weighted by atomic mass is 9.97. The van der Waals surface area contributed by atoms with Crippen LogP contribution in [0.3, 0.4) is 0 Å². The van der Waals surface area contributed by atoms with Crippen molar-refractivity contribution < 1.29 is 21.6 Å². The lowest BCUT2D eigenvalue weighted by molar-refractivity contribution is -0.139. The van der Waals surface area contributed by atoms with Crippen LogP contribution in [-0.4, -0.2) is 31.4 Å². The van der Waals surface area contributed by atoms with Crippen LogP contribution < -0.4 is 5.73 Å².